The van der Waals surface area contributed by atoms with Crippen LogP contribution in [-0.2, 0) is 0 Å². The Kier molecular flexibility index (Phi) is 3.86. The van der Waals surface area contributed by atoms with Gasteiger partial charge >= 0.3 is 6.18 Å². The smallest absolute Gasteiger partial charge is 0.171 e. The first-order valence-electron chi connectivity index (χ1n) is 3.55. The largest absolute Gasteiger partial charge is 0.388 e. The minimum atomic E-state index is -3.99. The van der Waals surface area contributed by atoms with Gasteiger partial charge in [-0.3, -0.25) is 0 Å². The predicted octanol–water partition coefficient (Wildman–Crippen LogP) is 2.91. The highest BCUT2D eigenvalue weighted by atomic mass is 28.3. The minimum absolute atomic E-state index is 0.291. The third-order valence-corrected chi connectivity index (χ3v) is 4.54. The zero-order valence-corrected chi connectivity index (χ0v) is 7.99. The molecule has 0 saturated carbocycles. The van der Waals surface area contributed by atoms with Crippen LogP contribution >= 0.6 is 0 Å². The monoisotopic (exact) mass is 182 g/mol. The SMILES string of the molecule is C=C(C)[SiH](C)CCC(F)(F)F. The van der Waals surface area contributed by atoms with Crippen molar-refractivity contribution >= 4 is 8.80 Å². The molecule has 0 bridgehead atoms. The lowest BCUT2D eigenvalue weighted by atomic mass is 10.5. The molecule has 0 aliphatic heterocycles. The number of alkyl halides is 3. The molecule has 0 aliphatic carbocycles. The molecule has 0 aliphatic rings. The molecular weight excluding hydrogens is 169 g/mol. The lowest BCUT2D eigenvalue weighted by Gasteiger charge is -2.10. The van der Waals surface area contributed by atoms with Crippen LogP contribution in [0.5, 0.6) is 0 Å². The summed E-state index contributed by atoms with van der Waals surface area (Å²) in [7, 11) is -1.29. The highest BCUT2D eigenvalue weighted by molar-refractivity contribution is 6.65. The first-order chi connectivity index (χ1) is 4.83. The average Bonchev–Trinajstić information content (AvgIpc) is 1.80. The van der Waals surface area contributed by atoms with Gasteiger partial charge in [0.2, 0.25) is 0 Å². The van der Waals surface area contributed by atoms with Gasteiger partial charge < -0.3 is 0 Å². The van der Waals surface area contributed by atoms with Crippen molar-refractivity contribution in [3.05, 3.63) is 11.8 Å². The van der Waals surface area contributed by atoms with Gasteiger partial charge in [0.05, 0.1) is 8.80 Å². The van der Waals surface area contributed by atoms with Crippen LogP contribution in [0.25, 0.3) is 0 Å². The van der Waals surface area contributed by atoms with Gasteiger partial charge in [-0.05, 0) is 13.0 Å². The summed E-state index contributed by atoms with van der Waals surface area (Å²) < 4.78 is 35.0. The van der Waals surface area contributed by atoms with E-state index in [0.717, 1.165) is 5.20 Å². The van der Waals surface area contributed by atoms with Gasteiger partial charge in [-0.2, -0.15) is 13.2 Å². The second-order valence-electron chi connectivity index (χ2n) is 2.90. The van der Waals surface area contributed by atoms with E-state index in [-0.39, 0.29) is 0 Å². The molecule has 0 amide bonds. The van der Waals surface area contributed by atoms with Gasteiger partial charge in [0.15, 0.2) is 0 Å². The summed E-state index contributed by atoms with van der Waals surface area (Å²) in [5, 5.41) is 0.953. The van der Waals surface area contributed by atoms with Gasteiger partial charge in [-0.25, -0.2) is 0 Å². The Bertz CT molecular complexity index is 139. The van der Waals surface area contributed by atoms with E-state index < -0.39 is 21.4 Å². The number of allylic oxidation sites excluding steroid dienone is 1. The van der Waals surface area contributed by atoms with Gasteiger partial charge in [-0.15, -0.1) is 6.58 Å². The van der Waals surface area contributed by atoms with Crippen LogP contribution in [0.3, 0.4) is 0 Å². The second kappa shape index (κ2) is 3.95. The van der Waals surface area contributed by atoms with Gasteiger partial charge in [0.1, 0.15) is 0 Å². The summed E-state index contributed by atoms with van der Waals surface area (Å²) >= 11 is 0. The lowest BCUT2D eigenvalue weighted by Crippen LogP contribution is -2.15. The quantitative estimate of drug-likeness (QED) is 0.589. The maximum Gasteiger partial charge on any atom is 0.388 e. The zero-order chi connectivity index (χ0) is 9.07. The summed E-state index contributed by atoms with van der Waals surface area (Å²) in [6.45, 7) is 7.36. The summed E-state index contributed by atoms with van der Waals surface area (Å²) in [5.41, 5.74) is 0. The summed E-state index contributed by atoms with van der Waals surface area (Å²) in [4.78, 5) is 0. The van der Waals surface area contributed by atoms with Gasteiger partial charge in [-0.1, -0.05) is 11.7 Å². The standard InChI is InChI=1S/C7H13F3Si/c1-6(2)11(3)5-4-7(8,9)10/h11H,1,4-5H2,2-3H3. The van der Waals surface area contributed by atoms with Crippen LogP contribution < -0.4 is 0 Å². The molecule has 0 aromatic rings. The van der Waals surface area contributed by atoms with E-state index >= 15 is 0 Å². The Morgan fingerprint density at radius 2 is 1.91 bits per heavy atom. The lowest BCUT2D eigenvalue weighted by molar-refractivity contribution is -0.130. The first-order valence-corrected chi connectivity index (χ1v) is 6.10. The van der Waals surface area contributed by atoms with E-state index in [4.69, 9.17) is 0 Å². The Hall–Kier alpha value is -0.253. The minimum Gasteiger partial charge on any atom is -0.171 e. The molecule has 11 heavy (non-hydrogen) atoms. The number of hydrogen-bond donors (Lipinski definition) is 0. The summed E-state index contributed by atoms with van der Waals surface area (Å²) in [6.07, 6.45) is -4.63. The number of rotatable bonds is 3. The zero-order valence-electron chi connectivity index (χ0n) is 6.83. The molecule has 0 spiro atoms. The number of halogens is 3. The van der Waals surface area contributed by atoms with Crippen molar-refractivity contribution in [2.45, 2.75) is 32.1 Å². The number of hydrogen-bond acceptors (Lipinski definition) is 0. The van der Waals surface area contributed by atoms with Crippen molar-refractivity contribution in [2.24, 2.45) is 0 Å². The van der Waals surface area contributed by atoms with Crippen LogP contribution in [0.4, 0.5) is 13.2 Å². The molecule has 0 aromatic heterocycles. The highest BCUT2D eigenvalue weighted by Crippen LogP contribution is 2.23. The van der Waals surface area contributed by atoms with E-state index in [1.807, 2.05) is 13.5 Å². The fraction of sp³-hybridized carbons (Fsp3) is 0.714. The normalized spacial score (nSPS) is 14.6. The molecule has 0 fully saturated rings. The van der Waals surface area contributed by atoms with E-state index in [2.05, 4.69) is 6.58 Å². The second-order valence-corrected chi connectivity index (χ2v) is 6.27. The van der Waals surface area contributed by atoms with Gasteiger partial charge in [0.25, 0.3) is 0 Å². The van der Waals surface area contributed by atoms with E-state index in [0.29, 0.717) is 6.04 Å². The Labute approximate surface area is 66.7 Å². The molecule has 1 atom stereocenters. The van der Waals surface area contributed by atoms with Crippen molar-refractivity contribution in [2.75, 3.05) is 0 Å². The fourth-order valence-corrected chi connectivity index (χ4v) is 1.88. The van der Waals surface area contributed by atoms with Crippen LogP contribution in [-0.4, -0.2) is 15.0 Å². The van der Waals surface area contributed by atoms with E-state index in [1.54, 1.807) is 0 Å². The molecule has 1 unspecified atom stereocenters. The van der Waals surface area contributed by atoms with Crippen molar-refractivity contribution in [1.82, 2.24) is 0 Å². The predicted molar refractivity (Wildman–Crippen MR) is 43.3 cm³/mol. The van der Waals surface area contributed by atoms with E-state index in [1.165, 1.54) is 0 Å². The molecule has 0 rings (SSSR count). The molecule has 0 nitrogen and oxygen atoms in total. The molecule has 0 aromatic carbocycles. The van der Waals surface area contributed by atoms with Crippen LogP contribution in [0.1, 0.15) is 13.3 Å². The van der Waals surface area contributed by atoms with Crippen molar-refractivity contribution in [3.8, 4) is 0 Å². The Morgan fingerprint density at radius 1 is 1.45 bits per heavy atom. The molecular formula is C7H13F3Si. The molecule has 0 N–H and O–H groups in total. The van der Waals surface area contributed by atoms with Crippen molar-refractivity contribution in [3.63, 3.8) is 0 Å². The molecule has 0 radical (unpaired) electrons. The Morgan fingerprint density at radius 3 is 2.18 bits per heavy atom. The molecule has 4 heteroatoms. The van der Waals surface area contributed by atoms with Crippen LogP contribution in [0.15, 0.2) is 11.8 Å². The van der Waals surface area contributed by atoms with Crippen molar-refractivity contribution < 1.29 is 13.2 Å². The maximum absolute atomic E-state index is 11.7. The van der Waals surface area contributed by atoms with E-state index in [9.17, 15) is 13.2 Å². The molecule has 0 heterocycles. The van der Waals surface area contributed by atoms with Gasteiger partial charge in [0, 0.05) is 6.42 Å². The summed E-state index contributed by atoms with van der Waals surface area (Å²) in [6, 6.07) is 0.291. The summed E-state index contributed by atoms with van der Waals surface area (Å²) in [5.74, 6) is 0. The molecule has 0 saturated heterocycles. The topological polar surface area (TPSA) is 0 Å². The fourth-order valence-electron chi connectivity index (χ4n) is 0.627. The third-order valence-electron chi connectivity index (χ3n) is 1.70. The highest BCUT2D eigenvalue weighted by Gasteiger charge is 2.27. The van der Waals surface area contributed by atoms with Crippen molar-refractivity contribution in [1.29, 1.82) is 0 Å². The van der Waals surface area contributed by atoms with Crippen LogP contribution in [0, 0.1) is 0 Å². The Balaban J connectivity index is 3.63. The molecule has 66 valence electrons. The average molecular weight is 182 g/mol. The maximum atomic E-state index is 11.7. The van der Waals surface area contributed by atoms with Crippen LogP contribution in [0.2, 0.25) is 12.6 Å². The first kappa shape index (κ1) is 10.7. The third kappa shape index (κ3) is 6.16.